The van der Waals surface area contributed by atoms with Gasteiger partial charge in [0.2, 0.25) is 5.91 Å². The second-order valence-electron chi connectivity index (χ2n) is 8.18. The lowest BCUT2D eigenvalue weighted by atomic mass is 10.00. The molecule has 0 radical (unpaired) electrons. The van der Waals surface area contributed by atoms with Gasteiger partial charge in [-0.3, -0.25) is 9.59 Å². The van der Waals surface area contributed by atoms with E-state index < -0.39 is 0 Å². The summed E-state index contributed by atoms with van der Waals surface area (Å²) in [7, 11) is 0. The molecule has 2 amide bonds. The number of carbonyl (C=O) groups is 2. The molecule has 0 saturated heterocycles. The van der Waals surface area contributed by atoms with Crippen LogP contribution in [-0.4, -0.2) is 47.9 Å². The van der Waals surface area contributed by atoms with Crippen molar-refractivity contribution in [1.29, 1.82) is 0 Å². The highest BCUT2D eigenvalue weighted by molar-refractivity contribution is 7.12. The molecule has 0 N–H and O–H groups in total. The number of benzene rings is 1. The van der Waals surface area contributed by atoms with Crippen molar-refractivity contribution >= 4 is 34.5 Å². The maximum atomic E-state index is 13.5. The van der Waals surface area contributed by atoms with Crippen molar-refractivity contribution in [3.63, 3.8) is 0 Å². The molecule has 7 heteroatoms. The third-order valence-electron chi connectivity index (χ3n) is 5.84. The zero-order chi connectivity index (χ0) is 23.4. The van der Waals surface area contributed by atoms with Gasteiger partial charge >= 0.3 is 0 Å². The number of amides is 2. The zero-order valence-electron chi connectivity index (χ0n) is 19.0. The van der Waals surface area contributed by atoms with E-state index in [1.54, 1.807) is 28.4 Å². The van der Waals surface area contributed by atoms with E-state index in [-0.39, 0.29) is 24.4 Å². The molecule has 0 fully saturated rings. The summed E-state index contributed by atoms with van der Waals surface area (Å²) in [6.07, 6.45) is 2.48. The molecule has 172 valence electrons. The summed E-state index contributed by atoms with van der Waals surface area (Å²) in [6, 6.07) is 11.6. The molecule has 0 aliphatic carbocycles. The summed E-state index contributed by atoms with van der Waals surface area (Å²) in [4.78, 5) is 31.7. The Labute approximate surface area is 202 Å². The Morgan fingerprint density at radius 3 is 2.79 bits per heavy atom. The van der Waals surface area contributed by atoms with Crippen LogP contribution in [0.1, 0.15) is 37.3 Å². The Kier molecular flexibility index (Phi) is 7.30. The van der Waals surface area contributed by atoms with E-state index in [2.05, 4.69) is 31.0 Å². The van der Waals surface area contributed by atoms with E-state index in [1.807, 2.05) is 35.4 Å². The monoisotopic (exact) mass is 480 g/mol. The molecule has 0 spiro atoms. The highest BCUT2D eigenvalue weighted by Crippen LogP contribution is 2.34. The summed E-state index contributed by atoms with van der Waals surface area (Å²) in [5.41, 5.74) is 3.41. The van der Waals surface area contributed by atoms with Gasteiger partial charge in [0.1, 0.15) is 18.9 Å². The molecular formula is C26H28N2O3S2. The summed E-state index contributed by atoms with van der Waals surface area (Å²) in [6.45, 7) is 9.18. The Hall–Kier alpha value is -2.90. The Morgan fingerprint density at radius 2 is 2.06 bits per heavy atom. The van der Waals surface area contributed by atoms with E-state index in [4.69, 9.17) is 4.74 Å². The van der Waals surface area contributed by atoms with Crippen LogP contribution < -0.4 is 4.74 Å². The Balaban J connectivity index is 1.53. The number of ether oxygens (including phenoxy) is 1. The minimum absolute atomic E-state index is 0.0162. The maximum Gasteiger partial charge on any atom is 0.264 e. The predicted octanol–water partition coefficient (Wildman–Crippen LogP) is 5.26. The third-order valence-corrected chi connectivity index (χ3v) is 7.69. The Morgan fingerprint density at radius 1 is 1.21 bits per heavy atom. The quantitative estimate of drug-likeness (QED) is 0.413. The van der Waals surface area contributed by atoms with Crippen molar-refractivity contribution in [2.24, 2.45) is 0 Å². The molecule has 1 atom stereocenters. The topological polar surface area (TPSA) is 49.9 Å². The first kappa shape index (κ1) is 23.3. The van der Waals surface area contributed by atoms with Crippen LogP contribution in [0.3, 0.4) is 0 Å². The molecule has 2 aromatic heterocycles. The first-order valence-corrected chi connectivity index (χ1v) is 12.7. The first-order chi connectivity index (χ1) is 16.0. The highest BCUT2D eigenvalue weighted by atomic mass is 32.1. The van der Waals surface area contributed by atoms with Crippen LogP contribution in [0.2, 0.25) is 0 Å². The molecule has 1 aromatic carbocycles. The minimum Gasteiger partial charge on any atom is -0.491 e. The fourth-order valence-corrected chi connectivity index (χ4v) is 5.81. The summed E-state index contributed by atoms with van der Waals surface area (Å²) in [5, 5.41) is 3.94. The number of rotatable bonds is 8. The van der Waals surface area contributed by atoms with Gasteiger partial charge in [0, 0.05) is 18.0 Å². The molecule has 1 unspecified atom stereocenters. The lowest BCUT2D eigenvalue weighted by Gasteiger charge is -2.37. The van der Waals surface area contributed by atoms with E-state index in [0.29, 0.717) is 24.6 Å². The van der Waals surface area contributed by atoms with Gasteiger partial charge in [0.15, 0.2) is 0 Å². The van der Waals surface area contributed by atoms with Crippen molar-refractivity contribution < 1.29 is 14.3 Å². The number of nitrogens with zero attached hydrogens (tertiary/aromatic N) is 2. The largest absolute Gasteiger partial charge is 0.491 e. The smallest absolute Gasteiger partial charge is 0.264 e. The van der Waals surface area contributed by atoms with Crippen molar-refractivity contribution in [3.05, 3.63) is 86.3 Å². The van der Waals surface area contributed by atoms with Crippen molar-refractivity contribution in [3.8, 4) is 5.75 Å². The molecule has 1 aliphatic heterocycles. The number of hydrogen-bond donors (Lipinski definition) is 0. The lowest BCUT2D eigenvalue weighted by Crippen LogP contribution is -2.47. The van der Waals surface area contributed by atoms with E-state index in [9.17, 15) is 9.59 Å². The average Bonchev–Trinajstić information content (AvgIpc) is 3.49. The normalized spacial score (nSPS) is 15.1. The van der Waals surface area contributed by atoms with Crippen molar-refractivity contribution in [2.75, 3.05) is 26.2 Å². The molecule has 0 saturated carbocycles. The van der Waals surface area contributed by atoms with Crippen molar-refractivity contribution in [2.45, 2.75) is 26.3 Å². The molecule has 4 rings (SSSR count). The lowest BCUT2D eigenvalue weighted by molar-refractivity contribution is -0.135. The Bertz CT molecular complexity index is 1140. The fraction of sp³-hybridized carbons (Fsp3) is 0.308. The van der Waals surface area contributed by atoms with E-state index in [0.717, 1.165) is 23.3 Å². The van der Waals surface area contributed by atoms with Crippen LogP contribution in [0, 0.1) is 13.8 Å². The summed E-state index contributed by atoms with van der Waals surface area (Å²) in [5.74, 6) is 0.610. The molecule has 3 aromatic rings. The van der Waals surface area contributed by atoms with Gasteiger partial charge in [-0.15, -0.1) is 29.3 Å². The molecule has 1 aliphatic rings. The van der Waals surface area contributed by atoms with Gasteiger partial charge in [0.05, 0.1) is 10.9 Å². The van der Waals surface area contributed by atoms with Crippen molar-refractivity contribution in [1.82, 2.24) is 9.80 Å². The van der Waals surface area contributed by atoms with Gasteiger partial charge in [-0.2, -0.15) is 0 Å². The minimum atomic E-state index is -0.185. The zero-order valence-corrected chi connectivity index (χ0v) is 20.6. The van der Waals surface area contributed by atoms with E-state index in [1.165, 1.54) is 21.8 Å². The van der Waals surface area contributed by atoms with Gasteiger partial charge in [-0.25, -0.2) is 0 Å². The first-order valence-electron chi connectivity index (χ1n) is 11.0. The molecular weight excluding hydrogens is 452 g/mol. The van der Waals surface area contributed by atoms with Gasteiger partial charge < -0.3 is 14.5 Å². The van der Waals surface area contributed by atoms with Gasteiger partial charge in [-0.1, -0.05) is 29.8 Å². The number of carbonyl (C=O) groups excluding carboxylic acids is 2. The fourth-order valence-electron chi connectivity index (χ4n) is 4.19. The second-order valence-corrected chi connectivity index (χ2v) is 10.1. The van der Waals surface area contributed by atoms with Crippen LogP contribution in [0.25, 0.3) is 0 Å². The second kappa shape index (κ2) is 10.4. The number of fused-ring (bicyclic) bond motifs is 1. The van der Waals surface area contributed by atoms with Crippen LogP contribution in [0.4, 0.5) is 0 Å². The van der Waals surface area contributed by atoms with E-state index >= 15 is 0 Å². The molecule has 33 heavy (non-hydrogen) atoms. The van der Waals surface area contributed by atoms with Crippen LogP contribution in [-0.2, 0) is 11.2 Å². The average molecular weight is 481 g/mol. The SMILES string of the molecule is C=CCN(CC(=O)N1CCc2sccc2C1COc1ccc(C)cc1C)C(=O)c1cccs1. The third kappa shape index (κ3) is 5.20. The van der Waals surface area contributed by atoms with Gasteiger partial charge in [-0.05, 0) is 60.4 Å². The standard InChI is InChI=1S/C26H28N2O3S2/c1-4-11-27(26(30)24-6-5-13-32-24)16-25(29)28-12-9-23-20(10-14-33-23)21(28)17-31-22-8-7-18(2)15-19(22)3/h4-8,10,13-15,21H,1,9,11-12,16-17H2,2-3H3. The number of thiophene rings is 2. The predicted molar refractivity (Wildman–Crippen MR) is 134 cm³/mol. The van der Waals surface area contributed by atoms with Gasteiger partial charge in [0.25, 0.3) is 5.91 Å². The molecule has 3 heterocycles. The summed E-state index contributed by atoms with van der Waals surface area (Å²) < 4.78 is 6.21. The highest BCUT2D eigenvalue weighted by Gasteiger charge is 2.33. The number of hydrogen-bond acceptors (Lipinski definition) is 5. The molecule has 5 nitrogen and oxygen atoms in total. The summed E-state index contributed by atoms with van der Waals surface area (Å²) >= 11 is 3.10. The maximum absolute atomic E-state index is 13.5. The van der Waals surface area contributed by atoms with Crippen LogP contribution in [0.5, 0.6) is 5.75 Å². The number of aryl methyl sites for hydroxylation is 2. The van der Waals surface area contributed by atoms with Crippen LogP contribution >= 0.6 is 22.7 Å². The van der Waals surface area contributed by atoms with Crippen LogP contribution in [0.15, 0.2) is 59.8 Å². The molecule has 0 bridgehead atoms.